The van der Waals surface area contributed by atoms with E-state index in [0.29, 0.717) is 36.1 Å². The van der Waals surface area contributed by atoms with E-state index in [4.69, 9.17) is 18.9 Å². The Morgan fingerprint density at radius 3 is 1.95 bits per heavy atom. The van der Waals surface area contributed by atoms with Gasteiger partial charge in [0.1, 0.15) is 36.9 Å². The molecule has 39 heavy (non-hydrogen) atoms. The number of hydrogen-bond donors (Lipinski definition) is 2. The Bertz CT molecular complexity index is 1160. The molecule has 7 rings (SSSR count). The quantitative estimate of drug-likeness (QED) is 0.365. The summed E-state index contributed by atoms with van der Waals surface area (Å²) in [6.45, 7) is 5.07. The average Bonchev–Trinajstić information content (AvgIpc) is 3.88. The Morgan fingerprint density at radius 1 is 0.744 bits per heavy atom. The lowest BCUT2D eigenvalue weighted by atomic mass is 9.64. The number of aliphatic hydroxyl groups is 2. The first-order valence-electron chi connectivity index (χ1n) is 14.8. The van der Waals surface area contributed by atoms with Crippen LogP contribution in [0.2, 0.25) is 0 Å². The molecule has 2 aromatic rings. The number of para-hydroxylation sites is 2. The predicted octanol–water partition coefficient (Wildman–Crippen LogP) is 4.73. The first-order chi connectivity index (χ1) is 18.9. The summed E-state index contributed by atoms with van der Waals surface area (Å²) >= 11 is 0. The molecular formula is C33H42O6. The van der Waals surface area contributed by atoms with Gasteiger partial charge in [-0.05, 0) is 90.4 Å². The van der Waals surface area contributed by atoms with Crippen molar-refractivity contribution in [3.63, 3.8) is 0 Å². The van der Waals surface area contributed by atoms with Crippen LogP contribution in [-0.4, -0.2) is 62.1 Å². The SMILES string of the molecule is CC1(COCC(O)COc2ccccc2)CCC2C(C1)C1CC13C1(COCC(O)COc4ccccc4)CC213. The zero-order valence-corrected chi connectivity index (χ0v) is 23.0. The van der Waals surface area contributed by atoms with E-state index in [0.717, 1.165) is 35.9 Å². The summed E-state index contributed by atoms with van der Waals surface area (Å²) in [5, 5.41) is 20.7. The first-order valence-corrected chi connectivity index (χ1v) is 14.8. The van der Waals surface area contributed by atoms with Gasteiger partial charge in [0.05, 0.1) is 26.4 Å². The standard InChI is InChI=1S/C33H42O6/c1-30(21-36-16-23(34)18-38-25-8-4-2-5-9-25)13-12-28-27(14-30)29-15-32(29)31(20-33(28,31)32)22-37-17-24(35)19-39-26-10-6-3-7-11-26/h2-11,23-24,27-29,34-35H,12-22H2,1H3. The van der Waals surface area contributed by atoms with Gasteiger partial charge in [0.2, 0.25) is 0 Å². The molecule has 5 saturated carbocycles. The minimum atomic E-state index is -0.620. The number of benzene rings is 2. The molecule has 0 aromatic heterocycles. The highest BCUT2D eigenvalue weighted by atomic mass is 16.5. The van der Waals surface area contributed by atoms with E-state index in [1.54, 1.807) is 0 Å². The summed E-state index contributed by atoms with van der Waals surface area (Å²) < 4.78 is 23.5. The molecule has 9 atom stereocenters. The fourth-order valence-electron chi connectivity index (χ4n) is 9.57. The van der Waals surface area contributed by atoms with Crippen LogP contribution in [0, 0.1) is 39.4 Å². The second kappa shape index (κ2) is 9.47. The molecule has 6 heteroatoms. The fraction of sp³-hybridized carbons (Fsp3) is 0.636. The smallest absolute Gasteiger partial charge is 0.119 e. The molecule has 0 heterocycles. The summed E-state index contributed by atoms with van der Waals surface area (Å²) in [6.07, 6.45) is 5.21. The van der Waals surface area contributed by atoms with Crippen LogP contribution in [-0.2, 0) is 9.47 Å². The number of ether oxygens (including phenoxy) is 4. The van der Waals surface area contributed by atoms with Crippen LogP contribution < -0.4 is 9.47 Å². The zero-order chi connectivity index (χ0) is 26.7. The maximum absolute atomic E-state index is 10.4. The lowest BCUT2D eigenvalue weighted by Gasteiger charge is -2.42. The molecule has 2 N–H and O–H groups in total. The maximum Gasteiger partial charge on any atom is 0.119 e. The number of aliphatic hydroxyl groups excluding tert-OH is 2. The molecule has 2 spiro atoms. The van der Waals surface area contributed by atoms with Gasteiger partial charge in [-0.15, -0.1) is 0 Å². The van der Waals surface area contributed by atoms with Crippen molar-refractivity contribution in [3.05, 3.63) is 60.7 Å². The van der Waals surface area contributed by atoms with Crippen LogP contribution >= 0.6 is 0 Å². The average molecular weight is 535 g/mol. The summed E-state index contributed by atoms with van der Waals surface area (Å²) in [4.78, 5) is 0. The van der Waals surface area contributed by atoms with E-state index in [9.17, 15) is 10.2 Å². The highest BCUT2D eigenvalue weighted by Gasteiger charge is 3.10. The normalized spacial score (nSPS) is 39.9. The molecule has 9 unspecified atom stereocenters. The minimum Gasteiger partial charge on any atom is -0.491 e. The third-order valence-electron chi connectivity index (χ3n) is 11.2. The Balaban J connectivity index is 0.845. The van der Waals surface area contributed by atoms with E-state index in [2.05, 4.69) is 6.92 Å². The third-order valence-corrected chi connectivity index (χ3v) is 11.2. The van der Waals surface area contributed by atoms with Gasteiger partial charge >= 0.3 is 0 Å². The Labute approximate surface area is 231 Å². The molecule has 5 aliphatic rings. The van der Waals surface area contributed by atoms with Crippen molar-refractivity contribution < 1.29 is 29.2 Å². The van der Waals surface area contributed by atoms with Crippen molar-refractivity contribution in [1.82, 2.24) is 0 Å². The van der Waals surface area contributed by atoms with Crippen LogP contribution in [0.5, 0.6) is 11.5 Å². The van der Waals surface area contributed by atoms with Crippen molar-refractivity contribution in [3.8, 4) is 11.5 Å². The van der Waals surface area contributed by atoms with E-state index in [1.807, 2.05) is 60.7 Å². The van der Waals surface area contributed by atoms with Crippen molar-refractivity contribution >= 4 is 0 Å². The van der Waals surface area contributed by atoms with Crippen LogP contribution in [0.3, 0.4) is 0 Å². The summed E-state index contributed by atoms with van der Waals surface area (Å²) in [6, 6.07) is 19.2. The van der Waals surface area contributed by atoms with Crippen LogP contribution in [0.25, 0.3) is 0 Å². The Hall–Kier alpha value is -2.12. The van der Waals surface area contributed by atoms with Crippen molar-refractivity contribution in [1.29, 1.82) is 0 Å². The molecule has 210 valence electrons. The molecule has 0 radical (unpaired) electrons. The molecule has 0 aliphatic heterocycles. The number of fused-ring (bicyclic) bond motifs is 2. The topological polar surface area (TPSA) is 77.4 Å². The van der Waals surface area contributed by atoms with Crippen molar-refractivity contribution in [2.75, 3.05) is 39.6 Å². The monoisotopic (exact) mass is 534 g/mol. The van der Waals surface area contributed by atoms with Gasteiger partial charge in [0, 0.05) is 5.41 Å². The van der Waals surface area contributed by atoms with Gasteiger partial charge in [0.15, 0.2) is 0 Å². The fourth-order valence-corrected chi connectivity index (χ4v) is 9.57. The first kappa shape index (κ1) is 25.8. The van der Waals surface area contributed by atoms with Crippen LogP contribution in [0.4, 0.5) is 0 Å². The van der Waals surface area contributed by atoms with Gasteiger partial charge in [-0.2, -0.15) is 0 Å². The number of rotatable bonds is 14. The molecule has 0 bridgehead atoms. The second-order valence-corrected chi connectivity index (χ2v) is 13.4. The molecule has 0 saturated heterocycles. The Kier molecular flexibility index (Phi) is 6.27. The van der Waals surface area contributed by atoms with Crippen molar-refractivity contribution in [2.24, 2.45) is 39.4 Å². The van der Waals surface area contributed by atoms with Gasteiger partial charge in [-0.3, -0.25) is 0 Å². The zero-order valence-electron chi connectivity index (χ0n) is 23.0. The number of hydrogen-bond acceptors (Lipinski definition) is 6. The van der Waals surface area contributed by atoms with Gasteiger partial charge < -0.3 is 29.2 Å². The van der Waals surface area contributed by atoms with Crippen molar-refractivity contribution in [2.45, 2.75) is 51.2 Å². The van der Waals surface area contributed by atoms with Crippen LogP contribution in [0.15, 0.2) is 60.7 Å². The van der Waals surface area contributed by atoms with E-state index < -0.39 is 12.2 Å². The van der Waals surface area contributed by atoms with Gasteiger partial charge in [0.25, 0.3) is 0 Å². The second-order valence-electron chi connectivity index (χ2n) is 13.4. The van der Waals surface area contributed by atoms with E-state index in [-0.39, 0.29) is 18.6 Å². The van der Waals surface area contributed by atoms with E-state index >= 15 is 0 Å². The highest BCUT2D eigenvalue weighted by Crippen LogP contribution is 3.13. The molecule has 0 amide bonds. The Morgan fingerprint density at radius 2 is 1.33 bits per heavy atom. The van der Waals surface area contributed by atoms with Gasteiger partial charge in [-0.25, -0.2) is 0 Å². The highest BCUT2D eigenvalue weighted by molar-refractivity contribution is 5.57. The lowest BCUT2D eigenvalue weighted by Crippen LogP contribution is -2.37. The van der Waals surface area contributed by atoms with E-state index in [1.165, 1.54) is 32.1 Å². The summed E-state index contributed by atoms with van der Waals surface area (Å²) in [5.74, 6) is 4.06. The lowest BCUT2D eigenvalue weighted by molar-refractivity contribution is -0.0439. The van der Waals surface area contributed by atoms with Crippen LogP contribution in [0.1, 0.15) is 39.0 Å². The summed E-state index contributed by atoms with van der Waals surface area (Å²) in [7, 11) is 0. The summed E-state index contributed by atoms with van der Waals surface area (Å²) in [5.41, 5.74) is 1.68. The molecule has 2 aromatic carbocycles. The molecular weight excluding hydrogens is 492 g/mol. The van der Waals surface area contributed by atoms with Gasteiger partial charge in [-0.1, -0.05) is 43.3 Å². The molecule has 6 nitrogen and oxygen atoms in total. The maximum atomic E-state index is 10.4. The molecule has 5 fully saturated rings. The largest absolute Gasteiger partial charge is 0.491 e. The third kappa shape index (κ3) is 4.05. The minimum absolute atomic E-state index is 0.190. The predicted molar refractivity (Wildman–Crippen MR) is 146 cm³/mol. The molecule has 5 aliphatic carbocycles.